The molecule has 1 saturated heterocycles. The summed E-state index contributed by atoms with van der Waals surface area (Å²) in [4.78, 5) is 11.2. The minimum Gasteiger partial charge on any atom is -0.462 e. The first-order chi connectivity index (χ1) is 5.68. The molecule has 1 aliphatic carbocycles. The van der Waals surface area contributed by atoms with Gasteiger partial charge in [-0.05, 0) is 18.8 Å². The first-order valence-corrected chi connectivity index (χ1v) is 4.89. The van der Waals surface area contributed by atoms with Crippen LogP contribution in [0.3, 0.4) is 0 Å². The molecule has 2 nitrogen and oxygen atoms in total. The van der Waals surface area contributed by atoms with E-state index in [9.17, 15) is 4.79 Å². The summed E-state index contributed by atoms with van der Waals surface area (Å²) < 4.78 is 5.31. The SMILES string of the molecule is CC1CC[C@@H]2[C@@H](C1)OC(=O)[C@@H]2C. The lowest BCUT2D eigenvalue weighted by atomic mass is 9.77. The van der Waals surface area contributed by atoms with Crippen LogP contribution in [0.15, 0.2) is 0 Å². The van der Waals surface area contributed by atoms with Crippen molar-refractivity contribution in [1.82, 2.24) is 0 Å². The van der Waals surface area contributed by atoms with Gasteiger partial charge in [-0.1, -0.05) is 20.3 Å². The summed E-state index contributed by atoms with van der Waals surface area (Å²) in [6.07, 6.45) is 3.78. The Labute approximate surface area is 73.3 Å². The van der Waals surface area contributed by atoms with E-state index in [4.69, 9.17) is 4.74 Å². The summed E-state index contributed by atoms with van der Waals surface area (Å²) >= 11 is 0. The van der Waals surface area contributed by atoms with Crippen molar-refractivity contribution in [2.24, 2.45) is 17.8 Å². The van der Waals surface area contributed by atoms with Crippen LogP contribution < -0.4 is 0 Å². The Morgan fingerprint density at radius 2 is 2.08 bits per heavy atom. The molecule has 2 aliphatic rings. The summed E-state index contributed by atoms with van der Waals surface area (Å²) in [5.41, 5.74) is 0. The highest BCUT2D eigenvalue weighted by atomic mass is 16.6. The normalized spacial score (nSPS) is 47.0. The molecule has 0 N–H and O–H groups in total. The van der Waals surface area contributed by atoms with E-state index < -0.39 is 0 Å². The van der Waals surface area contributed by atoms with E-state index in [-0.39, 0.29) is 18.0 Å². The molecule has 0 spiro atoms. The van der Waals surface area contributed by atoms with Gasteiger partial charge < -0.3 is 4.74 Å². The van der Waals surface area contributed by atoms with Crippen molar-refractivity contribution in [3.8, 4) is 0 Å². The number of carbonyl (C=O) groups excluding carboxylic acids is 1. The molecule has 0 radical (unpaired) electrons. The van der Waals surface area contributed by atoms with Crippen LogP contribution in [0.2, 0.25) is 0 Å². The average Bonchev–Trinajstić information content (AvgIpc) is 2.28. The van der Waals surface area contributed by atoms with Crippen molar-refractivity contribution in [3.05, 3.63) is 0 Å². The lowest BCUT2D eigenvalue weighted by molar-refractivity contribution is -0.144. The van der Waals surface area contributed by atoms with Crippen molar-refractivity contribution >= 4 is 5.97 Å². The average molecular weight is 168 g/mol. The van der Waals surface area contributed by atoms with Crippen LogP contribution in [0.1, 0.15) is 33.1 Å². The fourth-order valence-electron chi connectivity index (χ4n) is 2.49. The summed E-state index contributed by atoms with van der Waals surface area (Å²) in [5, 5.41) is 0. The molecule has 1 heterocycles. The molecule has 1 unspecified atom stereocenters. The Hall–Kier alpha value is -0.530. The van der Waals surface area contributed by atoms with Crippen molar-refractivity contribution in [3.63, 3.8) is 0 Å². The van der Waals surface area contributed by atoms with Gasteiger partial charge in [0.1, 0.15) is 6.10 Å². The van der Waals surface area contributed by atoms with Crippen LogP contribution in [-0.2, 0) is 9.53 Å². The first kappa shape index (κ1) is 8.09. The topological polar surface area (TPSA) is 26.3 Å². The third-order valence-corrected chi connectivity index (χ3v) is 3.39. The zero-order valence-electron chi connectivity index (χ0n) is 7.75. The van der Waals surface area contributed by atoms with E-state index in [1.807, 2.05) is 6.92 Å². The van der Waals surface area contributed by atoms with Gasteiger partial charge >= 0.3 is 5.97 Å². The predicted molar refractivity (Wildman–Crippen MR) is 45.5 cm³/mol. The monoisotopic (exact) mass is 168 g/mol. The molecule has 0 aromatic rings. The highest BCUT2D eigenvalue weighted by molar-refractivity contribution is 5.74. The standard InChI is InChI=1S/C10H16O2/c1-6-3-4-8-7(2)10(11)12-9(8)5-6/h6-9H,3-5H2,1-2H3/t6?,7-,8+,9-/m1/s1. The number of rotatable bonds is 0. The third kappa shape index (κ3) is 1.13. The van der Waals surface area contributed by atoms with Crippen LogP contribution in [0.5, 0.6) is 0 Å². The largest absolute Gasteiger partial charge is 0.462 e. The molecule has 1 aliphatic heterocycles. The van der Waals surface area contributed by atoms with E-state index in [1.54, 1.807) is 0 Å². The van der Waals surface area contributed by atoms with Crippen molar-refractivity contribution in [2.45, 2.75) is 39.2 Å². The lowest BCUT2D eigenvalue weighted by Crippen LogP contribution is -2.27. The van der Waals surface area contributed by atoms with Crippen LogP contribution >= 0.6 is 0 Å². The third-order valence-electron chi connectivity index (χ3n) is 3.39. The van der Waals surface area contributed by atoms with Gasteiger partial charge in [-0.2, -0.15) is 0 Å². The molecule has 68 valence electrons. The quantitative estimate of drug-likeness (QED) is 0.517. The van der Waals surface area contributed by atoms with E-state index in [1.165, 1.54) is 12.8 Å². The second kappa shape index (κ2) is 2.75. The maximum absolute atomic E-state index is 11.2. The minimum absolute atomic E-state index is 0.0269. The van der Waals surface area contributed by atoms with Crippen molar-refractivity contribution < 1.29 is 9.53 Å². The molecular weight excluding hydrogens is 152 g/mol. The molecule has 4 atom stereocenters. The number of ether oxygens (including phenoxy) is 1. The number of carbonyl (C=O) groups is 1. The number of hydrogen-bond donors (Lipinski definition) is 0. The van der Waals surface area contributed by atoms with Gasteiger partial charge in [-0.3, -0.25) is 4.79 Å². The molecule has 2 fully saturated rings. The molecule has 12 heavy (non-hydrogen) atoms. The fourth-order valence-corrected chi connectivity index (χ4v) is 2.49. The smallest absolute Gasteiger partial charge is 0.309 e. The van der Waals surface area contributed by atoms with Crippen molar-refractivity contribution in [2.75, 3.05) is 0 Å². The highest BCUT2D eigenvalue weighted by Gasteiger charge is 2.43. The van der Waals surface area contributed by atoms with E-state index in [0.29, 0.717) is 5.92 Å². The van der Waals surface area contributed by atoms with Gasteiger partial charge in [0.2, 0.25) is 0 Å². The van der Waals surface area contributed by atoms with Crippen LogP contribution in [0, 0.1) is 17.8 Å². The molecule has 2 heteroatoms. The van der Waals surface area contributed by atoms with Crippen molar-refractivity contribution in [1.29, 1.82) is 0 Å². The molecule has 0 aromatic carbocycles. The summed E-state index contributed by atoms with van der Waals surface area (Å²) in [6.45, 7) is 4.25. The van der Waals surface area contributed by atoms with E-state index in [2.05, 4.69) is 6.92 Å². The van der Waals surface area contributed by atoms with E-state index >= 15 is 0 Å². The molecular formula is C10H16O2. The fraction of sp³-hybridized carbons (Fsp3) is 0.900. The van der Waals surface area contributed by atoms with Gasteiger partial charge in [-0.25, -0.2) is 0 Å². The zero-order chi connectivity index (χ0) is 8.72. The maximum Gasteiger partial charge on any atom is 0.309 e. The lowest BCUT2D eigenvalue weighted by Gasteiger charge is -2.28. The second-order valence-corrected chi connectivity index (χ2v) is 4.35. The van der Waals surface area contributed by atoms with Gasteiger partial charge in [-0.15, -0.1) is 0 Å². The minimum atomic E-state index is 0.0269. The summed E-state index contributed by atoms with van der Waals surface area (Å²) in [5.74, 6) is 1.44. The summed E-state index contributed by atoms with van der Waals surface area (Å²) in [6, 6.07) is 0. The number of fused-ring (bicyclic) bond motifs is 1. The summed E-state index contributed by atoms with van der Waals surface area (Å²) in [7, 11) is 0. The van der Waals surface area contributed by atoms with Gasteiger partial charge in [0, 0.05) is 5.92 Å². The Bertz CT molecular complexity index is 200. The zero-order valence-corrected chi connectivity index (χ0v) is 7.75. The van der Waals surface area contributed by atoms with Crippen LogP contribution in [-0.4, -0.2) is 12.1 Å². The highest BCUT2D eigenvalue weighted by Crippen LogP contribution is 2.40. The second-order valence-electron chi connectivity index (χ2n) is 4.35. The Morgan fingerprint density at radius 1 is 1.33 bits per heavy atom. The first-order valence-electron chi connectivity index (χ1n) is 4.89. The molecule has 0 bridgehead atoms. The van der Waals surface area contributed by atoms with Gasteiger partial charge in [0.25, 0.3) is 0 Å². The van der Waals surface area contributed by atoms with Crippen LogP contribution in [0.25, 0.3) is 0 Å². The molecule has 0 aromatic heterocycles. The van der Waals surface area contributed by atoms with E-state index in [0.717, 1.165) is 12.3 Å². The predicted octanol–water partition coefficient (Wildman–Crippen LogP) is 1.98. The molecule has 2 rings (SSSR count). The number of hydrogen-bond acceptors (Lipinski definition) is 2. The maximum atomic E-state index is 11.2. The molecule has 1 saturated carbocycles. The molecule has 0 amide bonds. The Morgan fingerprint density at radius 3 is 2.83 bits per heavy atom. The van der Waals surface area contributed by atoms with Crippen LogP contribution in [0.4, 0.5) is 0 Å². The number of esters is 1. The Kier molecular flexibility index (Phi) is 1.85. The van der Waals surface area contributed by atoms with Gasteiger partial charge in [0.05, 0.1) is 5.92 Å². The Balaban J connectivity index is 2.09. The van der Waals surface area contributed by atoms with Gasteiger partial charge in [0.15, 0.2) is 0 Å².